The summed E-state index contributed by atoms with van der Waals surface area (Å²) >= 11 is 11.7. The largest absolute Gasteiger partial charge is 0.493 e. The third kappa shape index (κ3) is 2.58. The van der Waals surface area contributed by atoms with E-state index in [1.807, 2.05) is 0 Å². The summed E-state index contributed by atoms with van der Waals surface area (Å²) in [4.78, 5) is 0. The normalized spacial score (nSPS) is 9.87. The van der Waals surface area contributed by atoms with E-state index in [2.05, 4.69) is 6.58 Å². The number of alkyl halides is 1. The Morgan fingerprint density at radius 1 is 1.33 bits per heavy atom. The SMILES string of the molecule is C=C(CCl)c1cc(Cl)cc(OC)c1OC. The molecular formula is C11H12Cl2O2. The number of ether oxygens (including phenoxy) is 2. The lowest BCUT2D eigenvalue weighted by atomic mass is 10.1. The van der Waals surface area contributed by atoms with Crippen LogP contribution in [-0.2, 0) is 0 Å². The molecule has 1 aromatic carbocycles. The van der Waals surface area contributed by atoms with Crippen molar-refractivity contribution in [3.63, 3.8) is 0 Å². The van der Waals surface area contributed by atoms with Gasteiger partial charge in [-0.2, -0.15) is 0 Å². The number of halogens is 2. The van der Waals surface area contributed by atoms with Gasteiger partial charge in [-0.15, -0.1) is 11.6 Å². The highest BCUT2D eigenvalue weighted by Gasteiger charge is 2.13. The monoisotopic (exact) mass is 246 g/mol. The van der Waals surface area contributed by atoms with E-state index in [4.69, 9.17) is 32.7 Å². The summed E-state index contributed by atoms with van der Waals surface area (Å²) in [6.45, 7) is 3.84. The molecule has 0 aliphatic rings. The maximum atomic E-state index is 5.94. The molecule has 0 bridgehead atoms. The van der Waals surface area contributed by atoms with Crippen LogP contribution in [0.25, 0.3) is 5.57 Å². The van der Waals surface area contributed by atoms with Crippen LogP contribution in [0.1, 0.15) is 5.56 Å². The number of hydrogen-bond acceptors (Lipinski definition) is 2. The first-order chi connectivity index (χ1) is 7.13. The third-order valence-electron chi connectivity index (χ3n) is 1.99. The van der Waals surface area contributed by atoms with Crippen LogP contribution in [-0.4, -0.2) is 20.1 Å². The lowest BCUT2D eigenvalue weighted by molar-refractivity contribution is 0.354. The molecule has 0 N–H and O–H groups in total. The molecule has 0 saturated carbocycles. The topological polar surface area (TPSA) is 18.5 Å². The quantitative estimate of drug-likeness (QED) is 0.756. The minimum absolute atomic E-state index is 0.319. The van der Waals surface area contributed by atoms with Crippen molar-refractivity contribution in [2.24, 2.45) is 0 Å². The molecular weight excluding hydrogens is 235 g/mol. The molecule has 0 unspecified atom stereocenters. The van der Waals surface area contributed by atoms with Gasteiger partial charge in [0.05, 0.1) is 14.2 Å². The van der Waals surface area contributed by atoms with E-state index in [0.717, 1.165) is 11.1 Å². The van der Waals surface area contributed by atoms with Crippen molar-refractivity contribution in [1.29, 1.82) is 0 Å². The zero-order chi connectivity index (χ0) is 11.4. The van der Waals surface area contributed by atoms with Crippen molar-refractivity contribution in [3.05, 3.63) is 29.3 Å². The van der Waals surface area contributed by atoms with E-state index in [-0.39, 0.29) is 0 Å². The highest BCUT2D eigenvalue weighted by molar-refractivity contribution is 6.31. The summed E-state index contributed by atoms with van der Waals surface area (Å²) in [6, 6.07) is 3.44. The van der Waals surface area contributed by atoms with E-state index in [1.165, 1.54) is 0 Å². The molecule has 1 aromatic rings. The molecule has 0 atom stereocenters. The number of benzene rings is 1. The van der Waals surface area contributed by atoms with Crippen molar-refractivity contribution >= 4 is 28.8 Å². The first-order valence-electron chi connectivity index (χ1n) is 4.29. The zero-order valence-electron chi connectivity index (χ0n) is 8.64. The van der Waals surface area contributed by atoms with Crippen molar-refractivity contribution in [1.82, 2.24) is 0 Å². The van der Waals surface area contributed by atoms with Crippen molar-refractivity contribution in [2.45, 2.75) is 0 Å². The van der Waals surface area contributed by atoms with E-state index < -0.39 is 0 Å². The first kappa shape index (κ1) is 12.2. The van der Waals surface area contributed by atoms with E-state index in [9.17, 15) is 0 Å². The van der Waals surface area contributed by atoms with Crippen molar-refractivity contribution in [3.8, 4) is 11.5 Å². The summed E-state index contributed by atoms with van der Waals surface area (Å²) < 4.78 is 10.4. The average molecular weight is 247 g/mol. The highest BCUT2D eigenvalue weighted by Crippen LogP contribution is 2.37. The standard InChI is InChI=1S/C11H12Cl2O2/c1-7(6-12)9-4-8(13)5-10(14-2)11(9)15-3/h4-5H,1,6H2,2-3H3. The molecule has 2 nitrogen and oxygen atoms in total. The number of hydrogen-bond donors (Lipinski definition) is 0. The van der Waals surface area contributed by atoms with Gasteiger partial charge < -0.3 is 9.47 Å². The van der Waals surface area contributed by atoms with Crippen molar-refractivity contribution in [2.75, 3.05) is 20.1 Å². The van der Waals surface area contributed by atoms with Crippen LogP contribution in [0.2, 0.25) is 5.02 Å². The van der Waals surface area contributed by atoms with Gasteiger partial charge in [-0.1, -0.05) is 18.2 Å². The van der Waals surface area contributed by atoms with Gasteiger partial charge in [0, 0.05) is 22.5 Å². The summed E-state index contributed by atoms with van der Waals surface area (Å²) in [5, 5.41) is 0.564. The van der Waals surface area contributed by atoms with Gasteiger partial charge in [-0.05, 0) is 11.6 Å². The second-order valence-electron chi connectivity index (χ2n) is 2.93. The second kappa shape index (κ2) is 5.29. The van der Waals surface area contributed by atoms with Crippen molar-refractivity contribution < 1.29 is 9.47 Å². The van der Waals surface area contributed by atoms with Gasteiger partial charge in [0.1, 0.15) is 0 Å². The van der Waals surface area contributed by atoms with E-state index >= 15 is 0 Å². The summed E-state index contributed by atoms with van der Waals surface area (Å²) in [6.07, 6.45) is 0. The molecule has 0 amide bonds. The van der Waals surface area contributed by atoms with E-state index in [1.54, 1.807) is 26.4 Å². The fourth-order valence-electron chi connectivity index (χ4n) is 1.27. The molecule has 0 heterocycles. The van der Waals surface area contributed by atoms with Crippen LogP contribution in [0.3, 0.4) is 0 Å². The number of methoxy groups -OCH3 is 2. The van der Waals surface area contributed by atoms with Gasteiger partial charge in [-0.25, -0.2) is 0 Å². The van der Waals surface area contributed by atoms with E-state index in [0.29, 0.717) is 22.4 Å². The maximum Gasteiger partial charge on any atom is 0.168 e. The number of rotatable bonds is 4. The summed E-state index contributed by atoms with van der Waals surface area (Å²) in [5.74, 6) is 1.50. The Bertz CT molecular complexity index is 375. The first-order valence-corrected chi connectivity index (χ1v) is 5.21. The summed E-state index contributed by atoms with van der Waals surface area (Å²) in [5.41, 5.74) is 1.52. The minimum atomic E-state index is 0.319. The average Bonchev–Trinajstić information content (AvgIpc) is 2.26. The zero-order valence-corrected chi connectivity index (χ0v) is 10.2. The smallest absolute Gasteiger partial charge is 0.168 e. The fraction of sp³-hybridized carbons (Fsp3) is 0.273. The lowest BCUT2D eigenvalue weighted by Gasteiger charge is -2.13. The van der Waals surface area contributed by atoms with Gasteiger partial charge in [0.2, 0.25) is 0 Å². The molecule has 0 spiro atoms. The van der Waals surface area contributed by atoms with Crippen LogP contribution < -0.4 is 9.47 Å². The molecule has 1 rings (SSSR count). The van der Waals surface area contributed by atoms with Gasteiger partial charge in [-0.3, -0.25) is 0 Å². The van der Waals surface area contributed by atoms with Crippen LogP contribution in [0.4, 0.5) is 0 Å². The molecule has 82 valence electrons. The highest BCUT2D eigenvalue weighted by atomic mass is 35.5. The van der Waals surface area contributed by atoms with Crippen LogP contribution in [0, 0.1) is 0 Å². The predicted molar refractivity (Wildman–Crippen MR) is 64.3 cm³/mol. The Morgan fingerprint density at radius 2 is 2.00 bits per heavy atom. The molecule has 4 heteroatoms. The lowest BCUT2D eigenvalue weighted by Crippen LogP contribution is -1.96. The number of allylic oxidation sites excluding steroid dienone is 1. The Labute approximate surface area is 99.4 Å². The fourth-order valence-corrected chi connectivity index (χ4v) is 1.62. The van der Waals surface area contributed by atoms with Crippen LogP contribution in [0.5, 0.6) is 11.5 Å². The maximum absolute atomic E-state index is 5.94. The Balaban J connectivity index is 3.35. The summed E-state index contributed by atoms with van der Waals surface area (Å²) in [7, 11) is 3.12. The van der Waals surface area contributed by atoms with Crippen LogP contribution >= 0.6 is 23.2 Å². The predicted octanol–water partition coefficient (Wildman–Crippen LogP) is 3.61. The Hall–Kier alpha value is -0.860. The second-order valence-corrected chi connectivity index (χ2v) is 3.63. The Morgan fingerprint density at radius 3 is 2.47 bits per heavy atom. The van der Waals surface area contributed by atoms with Gasteiger partial charge >= 0.3 is 0 Å². The Kier molecular flexibility index (Phi) is 4.30. The molecule has 0 fully saturated rings. The molecule has 0 aliphatic heterocycles. The molecule has 15 heavy (non-hydrogen) atoms. The molecule has 0 aromatic heterocycles. The molecule has 0 radical (unpaired) electrons. The molecule has 0 aliphatic carbocycles. The molecule has 0 saturated heterocycles. The minimum Gasteiger partial charge on any atom is -0.493 e. The van der Waals surface area contributed by atoms with Gasteiger partial charge in [0.25, 0.3) is 0 Å². The third-order valence-corrected chi connectivity index (χ3v) is 2.53. The van der Waals surface area contributed by atoms with Gasteiger partial charge in [0.15, 0.2) is 11.5 Å². The van der Waals surface area contributed by atoms with Crippen LogP contribution in [0.15, 0.2) is 18.7 Å².